The van der Waals surface area contributed by atoms with E-state index in [0.29, 0.717) is 37.0 Å². The summed E-state index contributed by atoms with van der Waals surface area (Å²) < 4.78 is 30.1. The van der Waals surface area contributed by atoms with Gasteiger partial charge < -0.3 is 14.8 Å². The third kappa shape index (κ3) is 5.86. The predicted octanol–water partition coefficient (Wildman–Crippen LogP) is 1.33. The molecule has 0 spiro atoms. The van der Waals surface area contributed by atoms with E-state index in [2.05, 4.69) is 34.9 Å². The average molecular weight is 482 g/mol. The van der Waals surface area contributed by atoms with E-state index in [1.807, 2.05) is 6.07 Å². The fraction of sp³-hybridized carbons (Fsp3) is 0.409. The first-order chi connectivity index (χ1) is 16.4. The molecule has 178 valence electrons. The molecule has 0 bridgehead atoms. The maximum Gasteiger partial charge on any atom is 0.259 e. The molecule has 34 heavy (non-hydrogen) atoms. The summed E-state index contributed by atoms with van der Waals surface area (Å²) in [5.74, 6) is 1.63. The zero-order chi connectivity index (χ0) is 24.0. The number of hydrogen-bond donors (Lipinski definition) is 2. The van der Waals surface area contributed by atoms with E-state index >= 15 is 0 Å². The first kappa shape index (κ1) is 23.6. The van der Waals surface area contributed by atoms with Crippen LogP contribution in [0.25, 0.3) is 0 Å². The number of nitrogens with zero attached hydrogens (tertiary/aromatic N) is 7. The van der Waals surface area contributed by atoms with Crippen molar-refractivity contribution in [2.45, 2.75) is 24.3 Å². The topological polar surface area (TPSA) is 142 Å². The highest BCUT2D eigenvalue weighted by molar-refractivity contribution is 7.89. The lowest BCUT2D eigenvalue weighted by atomic mass is 9.97. The molecule has 0 aliphatic carbocycles. The third-order valence-electron chi connectivity index (χ3n) is 5.79. The average Bonchev–Trinajstić information content (AvgIpc) is 3.25. The Balaban J connectivity index is 1.26. The minimum absolute atomic E-state index is 0.0279. The Kier molecular flexibility index (Phi) is 7.34. The fourth-order valence-electron chi connectivity index (χ4n) is 3.81. The van der Waals surface area contributed by atoms with Crippen molar-refractivity contribution >= 4 is 21.7 Å². The number of imidazole rings is 1. The van der Waals surface area contributed by atoms with Crippen molar-refractivity contribution in [2.24, 2.45) is 13.0 Å². The van der Waals surface area contributed by atoms with Crippen LogP contribution in [0.1, 0.15) is 24.4 Å². The highest BCUT2D eigenvalue weighted by Crippen LogP contribution is 2.20. The Morgan fingerprint density at radius 2 is 1.94 bits per heavy atom. The molecule has 4 heterocycles. The van der Waals surface area contributed by atoms with Gasteiger partial charge in [0.05, 0.1) is 11.9 Å². The van der Waals surface area contributed by atoms with Gasteiger partial charge in [-0.2, -0.15) is 5.26 Å². The Bertz CT molecular complexity index is 1230. The molecule has 0 radical (unpaired) electrons. The van der Waals surface area contributed by atoms with Crippen LogP contribution in [0.4, 0.5) is 11.6 Å². The minimum Gasteiger partial charge on any atom is -0.383 e. The number of rotatable bonds is 9. The third-order valence-corrected chi connectivity index (χ3v) is 7.09. The zero-order valence-corrected chi connectivity index (χ0v) is 19.7. The minimum atomic E-state index is -3.69. The second kappa shape index (κ2) is 10.6. The molecule has 1 aliphatic rings. The van der Waals surface area contributed by atoms with Crippen molar-refractivity contribution in [3.8, 4) is 6.07 Å². The molecule has 0 unspecified atom stereocenters. The fourth-order valence-corrected chi connectivity index (χ4v) is 4.94. The van der Waals surface area contributed by atoms with E-state index in [0.717, 1.165) is 31.6 Å². The number of nitriles is 1. The van der Waals surface area contributed by atoms with Gasteiger partial charge in [-0.1, -0.05) is 0 Å². The Hall–Kier alpha value is -3.56. The molecule has 12 heteroatoms. The molecule has 11 nitrogen and oxygen atoms in total. The number of aromatic nitrogens is 5. The number of hydrogen-bond acceptors (Lipinski definition) is 9. The number of anilines is 2. The van der Waals surface area contributed by atoms with Crippen LogP contribution in [0.5, 0.6) is 0 Å². The molecule has 2 N–H and O–H groups in total. The molecule has 0 amide bonds. The van der Waals surface area contributed by atoms with Crippen molar-refractivity contribution in [1.29, 1.82) is 5.26 Å². The van der Waals surface area contributed by atoms with Gasteiger partial charge in [-0.15, -0.1) is 0 Å². The quantitative estimate of drug-likeness (QED) is 0.463. The van der Waals surface area contributed by atoms with Crippen molar-refractivity contribution in [3.63, 3.8) is 0 Å². The van der Waals surface area contributed by atoms with E-state index in [-0.39, 0.29) is 10.9 Å². The monoisotopic (exact) mass is 481 g/mol. The summed E-state index contributed by atoms with van der Waals surface area (Å²) >= 11 is 0. The van der Waals surface area contributed by atoms with Gasteiger partial charge in [0.1, 0.15) is 17.6 Å². The van der Waals surface area contributed by atoms with Crippen molar-refractivity contribution < 1.29 is 8.42 Å². The lowest BCUT2D eigenvalue weighted by molar-refractivity contribution is 0.399. The summed E-state index contributed by atoms with van der Waals surface area (Å²) in [5, 5.41) is 12.0. The highest BCUT2D eigenvalue weighted by Gasteiger charge is 2.24. The van der Waals surface area contributed by atoms with E-state index in [4.69, 9.17) is 5.26 Å². The molecule has 3 aromatic rings. The van der Waals surface area contributed by atoms with Gasteiger partial charge in [0.25, 0.3) is 10.0 Å². The van der Waals surface area contributed by atoms with Crippen molar-refractivity contribution in [2.75, 3.05) is 36.4 Å². The maximum absolute atomic E-state index is 12.8. The molecule has 0 atom stereocenters. The summed E-state index contributed by atoms with van der Waals surface area (Å²) in [5.41, 5.74) is 1.14. The zero-order valence-electron chi connectivity index (χ0n) is 18.9. The Labute approximate surface area is 198 Å². The lowest BCUT2D eigenvalue weighted by Gasteiger charge is -2.31. The normalized spacial score (nSPS) is 14.6. The standard InChI is InChI=1S/C22H27N9O2S/c1-30-16-21(29-20(30)5-10-24-19-4-3-18(13-23)27-15-19)34(32,33)28-14-17-6-11-31(12-7-17)22-25-8-2-9-26-22/h2-4,8-9,15-17,24,28H,5-7,10-12,14H2,1H3. The van der Waals surface area contributed by atoms with Crippen molar-refractivity contribution in [1.82, 2.24) is 29.2 Å². The number of pyridine rings is 1. The lowest BCUT2D eigenvalue weighted by Crippen LogP contribution is -2.39. The summed E-state index contributed by atoms with van der Waals surface area (Å²) in [7, 11) is -1.91. The van der Waals surface area contributed by atoms with Crippen LogP contribution in [-0.4, -0.2) is 59.1 Å². The summed E-state index contributed by atoms with van der Waals surface area (Å²) in [6.07, 6.45) is 8.85. The number of sulfonamides is 1. The van der Waals surface area contributed by atoms with Gasteiger partial charge in [0.15, 0.2) is 5.03 Å². The van der Waals surface area contributed by atoms with E-state index in [1.54, 1.807) is 48.4 Å². The number of piperidine rings is 1. The first-order valence-electron chi connectivity index (χ1n) is 11.1. The van der Waals surface area contributed by atoms with Crippen LogP contribution in [0, 0.1) is 17.2 Å². The molecule has 4 rings (SSSR count). The molecule has 1 aliphatic heterocycles. The SMILES string of the molecule is Cn1cc(S(=O)(=O)NCC2CCN(c3ncccn3)CC2)nc1CCNc1ccc(C#N)nc1. The van der Waals surface area contributed by atoms with E-state index in [9.17, 15) is 8.42 Å². The largest absolute Gasteiger partial charge is 0.383 e. The van der Waals surface area contributed by atoms with E-state index in [1.165, 1.54) is 6.20 Å². The summed E-state index contributed by atoms with van der Waals surface area (Å²) in [6, 6.07) is 7.18. The van der Waals surface area contributed by atoms with Crippen LogP contribution in [0.15, 0.2) is 48.0 Å². The molecule has 3 aromatic heterocycles. The Morgan fingerprint density at radius 1 is 1.18 bits per heavy atom. The summed E-state index contributed by atoms with van der Waals surface area (Å²) in [4.78, 5) is 19.0. The van der Waals surface area contributed by atoms with Gasteiger partial charge >= 0.3 is 0 Å². The molecule has 1 fully saturated rings. The first-order valence-corrected chi connectivity index (χ1v) is 12.6. The number of aryl methyl sites for hydroxylation is 1. The maximum atomic E-state index is 12.8. The second-order valence-corrected chi connectivity index (χ2v) is 9.87. The van der Waals surface area contributed by atoms with Gasteiger partial charge in [-0.05, 0) is 37.0 Å². The van der Waals surface area contributed by atoms with Crippen LogP contribution >= 0.6 is 0 Å². The van der Waals surface area contributed by atoms with Gasteiger partial charge in [-0.3, -0.25) is 0 Å². The molecular weight excluding hydrogens is 454 g/mol. The molecule has 1 saturated heterocycles. The summed E-state index contributed by atoms with van der Waals surface area (Å²) in [6.45, 7) is 2.53. The predicted molar refractivity (Wildman–Crippen MR) is 127 cm³/mol. The van der Waals surface area contributed by atoms with Crippen LogP contribution < -0.4 is 14.9 Å². The Morgan fingerprint density at radius 3 is 2.62 bits per heavy atom. The van der Waals surface area contributed by atoms with Gasteiger partial charge in [-0.25, -0.2) is 33.1 Å². The molecular formula is C22H27N9O2S. The second-order valence-electron chi connectivity index (χ2n) is 8.16. The smallest absolute Gasteiger partial charge is 0.259 e. The molecule has 0 aromatic carbocycles. The number of nitrogens with one attached hydrogen (secondary N) is 2. The highest BCUT2D eigenvalue weighted by atomic mass is 32.2. The van der Waals surface area contributed by atoms with Gasteiger partial charge in [0, 0.05) is 58.2 Å². The van der Waals surface area contributed by atoms with Crippen LogP contribution in [0.3, 0.4) is 0 Å². The van der Waals surface area contributed by atoms with Gasteiger partial charge in [0.2, 0.25) is 5.95 Å². The van der Waals surface area contributed by atoms with Crippen molar-refractivity contribution in [3.05, 3.63) is 54.5 Å². The molecule has 0 saturated carbocycles. The van der Waals surface area contributed by atoms with Crippen LogP contribution in [-0.2, 0) is 23.5 Å². The van der Waals surface area contributed by atoms with E-state index < -0.39 is 10.0 Å². The van der Waals surface area contributed by atoms with Crippen LogP contribution in [0.2, 0.25) is 0 Å².